The van der Waals surface area contributed by atoms with Crippen molar-refractivity contribution in [3.05, 3.63) is 17.7 Å². The molecule has 1 amide bonds. The lowest BCUT2D eigenvalue weighted by atomic mass is 10.2. The molecule has 0 saturated carbocycles. The van der Waals surface area contributed by atoms with Gasteiger partial charge in [-0.25, -0.2) is 15.6 Å². The summed E-state index contributed by atoms with van der Waals surface area (Å²) in [7, 11) is 0. The highest BCUT2D eigenvalue weighted by Crippen LogP contribution is 2.31. The number of anilines is 2. The fourth-order valence-electron chi connectivity index (χ4n) is 1.19. The summed E-state index contributed by atoms with van der Waals surface area (Å²) in [5.74, 6) is 4.83. The Kier molecular flexibility index (Phi) is 4.75. The molecular formula is C9H12F3N5O2. The van der Waals surface area contributed by atoms with Crippen LogP contribution in [0.15, 0.2) is 12.1 Å². The van der Waals surface area contributed by atoms with Crippen molar-refractivity contribution >= 4 is 17.7 Å². The lowest BCUT2D eigenvalue weighted by molar-refractivity contribution is -0.137. The van der Waals surface area contributed by atoms with Gasteiger partial charge in [-0.1, -0.05) is 0 Å². The SMILES string of the molecule is NNc1cc(C(F)(F)F)cc(NCCOC(N)=O)n1. The summed E-state index contributed by atoms with van der Waals surface area (Å²) < 4.78 is 42.1. The van der Waals surface area contributed by atoms with Crippen molar-refractivity contribution in [3.63, 3.8) is 0 Å². The van der Waals surface area contributed by atoms with Gasteiger partial charge in [-0.05, 0) is 12.1 Å². The number of nitrogens with one attached hydrogen (secondary N) is 2. The molecule has 6 N–H and O–H groups in total. The molecule has 0 atom stereocenters. The zero-order chi connectivity index (χ0) is 14.5. The topological polar surface area (TPSA) is 115 Å². The molecule has 0 aliphatic rings. The largest absolute Gasteiger partial charge is 0.448 e. The molecule has 0 unspecified atom stereocenters. The zero-order valence-electron chi connectivity index (χ0n) is 9.62. The number of hydrazine groups is 1. The third-order valence-corrected chi connectivity index (χ3v) is 1.95. The number of nitrogens with zero attached hydrogens (tertiary/aromatic N) is 1. The number of carbonyl (C=O) groups excluding carboxylic acids is 1. The minimum atomic E-state index is -4.52. The summed E-state index contributed by atoms with van der Waals surface area (Å²) in [6.07, 6.45) is -5.49. The van der Waals surface area contributed by atoms with Crippen molar-refractivity contribution in [2.45, 2.75) is 6.18 Å². The lowest BCUT2D eigenvalue weighted by Crippen LogP contribution is -2.19. The number of nitrogens with two attached hydrogens (primary N) is 2. The van der Waals surface area contributed by atoms with Gasteiger partial charge in [0.2, 0.25) is 0 Å². The van der Waals surface area contributed by atoms with Crippen molar-refractivity contribution in [3.8, 4) is 0 Å². The molecule has 1 aromatic heterocycles. The Hall–Kier alpha value is -2.23. The molecule has 0 aliphatic carbocycles. The minimum absolute atomic E-state index is 0.0568. The molecule has 1 aromatic rings. The molecule has 0 fully saturated rings. The quantitative estimate of drug-likeness (QED) is 0.361. The van der Waals surface area contributed by atoms with Crippen LogP contribution in [-0.2, 0) is 10.9 Å². The molecule has 106 valence electrons. The first-order valence-electron chi connectivity index (χ1n) is 5.05. The Morgan fingerprint density at radius 2 is 2.00 bits per heavy atom. The second-order valence-corrected chi connectivity index (χ2v) is 3.36. The number of hydrogen-bond acceptors (Lipinski definition) is 6. The van der Waals surface area contributed by atoms with E-state index >= 15 is 0 Å². The van der Waals surface area contributed by atoms with E-state index in [-0.39, 0.29) is 24.8 Å². The van der Waals surface area contributed by atoms with Crippen LogP contribution in [0.25, 0.3) is 0 Å². The number of ether oxygens (including phenoxy) is 1. The van der Waals surface area contributed by atoms with Gasteiger partial charge in [0, 0.05) is 0 Å². The van der Waals surface area contributed by atoms with Crippen molar-refractivity contribution in [1.82, 2.24) is 4.98 Å². The zero-order valence-corrected chi connectivity index (χ0v) is 9.62. The molecule has 0 radical (unpaired) electrons. The number of primary amides is 1. The van der Waals surface area contributed by atoms with Gasteiger partial charge in [0.25, 0.3) is 0 Å². The van der Waals surface area contributed by atoms with Crippen molar-refractivity contribution in [1.29, 1.82) is 0 Å². The summed E-state index contributed by atoms with van der Waals surface area (Å²) in [5, 5.41) is 2.55. The number of nitrogen functional groups attached to an aromatic ring is 1. The number of carbonyl (C=O) groups is 1. The average Bonchev–Trinajstić information content (AvgIpc) is 2.33. The number of hydrogen-bond donors (Lipinski definition) is 4. The van der Waals surface area contributed by atoms with E-state index in [2.05, 4.69) is 15.0 Å². The van der Waals surface area contributed by atoms with Crippen LogP contribution in [0.3, 0.4) is 0 Å². The van der Waals surface area contributed by atoms with Gasteiger partial charge in [0.1, 0.15) is 18.2 Å². The molecule has 7 nitrogen and oxygen atoms in total. The lowest BCUT2D eigenvalue weighted by Gasteiger charge is -2.12. The normalized spacial score (nSPS) is 10.9. The van der Waals surface area contributed by atoms with Gasteiger partial charge in [-0.3, -0.25) is 0 Å². The summed E-state index contributed by atoms with van der Waals surface area (Å²) >= 11 is 0. The molecule has 19 heavy (non-hydrogen) atoms. The second-order valence-electron chi connectivity index (χ2n) is 3.36. The summed E-state index contributed by atoms with van der Waals surface area (Å²) in [6.45, 7) is -0.0418. The molecular weight excluding hydrogens is 267 g/mol. The fourth-order valence-corrected chi connectivity index (χ4v) is 1.19. The number of aromatic nitrogens is 1. The van der Waals surface area contributed by atoms with Crippen LogP contribution in [0, 0.1) is 0 Å². The second kappa shape index (κ2) is 6.09. The van der Waals surface area contributed by atoms with Gasteiger partial charge in [0.15, 0.2) is 0 Å². The van der Waals surface area contributed by atoms with E-state index in [9.17, 15) is 18.0 Å². The van der Waals surface area contributed by atoms with Crippen molar-refractivity contribution in [2.75, 3.05) is 23.9 Å². The monoisotopic (exact) mass is 279 g/mol. The van der Waals surface area contributed by atoms with Crippen molar-refractivity contribution < 1.29 is 22.7 Å². The van der Waals surface area contributed by atoms with Gasteiger partial charge >= 0.3 is 12.3 Å². The van der Waals surface area contributed by atoms with E-state index < -0.39 is 17.8 Å². The standard InChI is InChI=1S/C9H12F3N5O2/c10-9(11,12)5-3-6(16-7(4-5)17-14)15-1-2-19-8(13)18/h3-4H,1-2,14H2,(H2,13,18)(H2,15,16,17). The van der Waals surface area contributed by atoms with Crippen LogP contribution in [0.1, 0.15) is 5.56 Å². The highest BCUT2D eigenvalue weighted by Gasteiger charge is 2.31. The van der Waals surface area contributed by atoms with Crippen molar-refractivity contribution in [2.24, 2.45) is 11.6 Å². The van der Waals surface area contributed by atoms with Crippen LogP contribution >= 0.6 is 0 Å². The number of rotatable bonds is 5. The highest BCUT2D eigenvalue weighted by atomic mass is 19.4. The Bertz CT molecular complexity index is 452. The first kappa shape index (κ1) is 14.8. The molecule has 1 rings (SSSR count). The summed E-state index contributed by atoms with van der Waals surface area (Å²) in [6, 6.07) is 1.58. The number of alkyl halides is 3. The molecule has 0 saturated heterocycles. The number of pyridine rings is 1. The molecule has 0 bridgehead atoms. The van der Waals surface area contributed by atoms with Crippen LogP contribution < -0.4 is 22.3 Å². The first-order chi connectivity index (χ1) is 8.82. The van der Waals surface area contributed by atoms with Crippen LogP contribution in [0.4, 0.5) is 29.6 Å². The van der Waals surface area contributed by atoms with E-state index in [0.29, 0.717) is 0 Å². The molecule has 10 heteroatoms. The van der Waals surface area contributed by atoms with Gasteiger partial charge < -0.3 is 21.2 Å². The minimum Gasteiger partial charge on any atom is -0.448 e. The molecule has 0 aliphatic heterocycles. The molecule has 0 aromatic carbocycles. The Morgan fingerprint density at radius 1 is 1.37 bits per heavy atom. The van der Waals surface area contributed by atoms with E-state index in [1.807, 2.05) is 5.43 Å². The van der Waals surface area contributed by atoms with Gasteiger partial charge in [0.05, 0.1) is 12.1 Å². The number of halogens is 3. The maximum absolute atomic E-state index is 12.6. The van der Waals surface area contributed by atoms with E-state index in [1.54, 1.807) is 0 Å². The Morgan fingerprint density at radius 3 is 2.53 bits per heavy atom. The molecule has 0 spiro atoms. The maximum atomic E-state index is 12.6. The first-order valence-corrected chi connectivity index (χ1v) is 5.05. The van der Waals surface area contributed by atoms with E-state index in [4.69, 9.17) is 11.6 Å². The number of amides is 1. The smallest absolute Gasteiger partial charge is 0.416 e. The summed E-state index contributed by atoms with van der Waals surface area (Å²) in [5.41, 5.74) is 5.84. The van der Waals surface area contributed by atoms with Crippen LogP contribution in [0.5, 0.6) is 0 Å². The Balaban J connectivity index is 2.74. The highest BCUT2D eigenvalue weighted by molar-refractivity contribution is 5.64. The average molecular weight is 279 g/mol. The van der Waals surface area contributed by atoms with Crippen LogP contribution in [-0.4, -0.2) is 24.2 Å². The van der Waals surface area contributed by atoms with Gasteiger partial charge in [-0.15, -0.1) is 0 Å². The van der Waals surface area contributed by atoms with Gasteiger partial charge in [-0.2, -0.15) is 13.2 Å². The third kappa shape index (κ3) is 4.87. The fraction of sp³-hybridized carbons (Fsp3) is 0.333. The van der Waals surface area contributed by atoms with E-state index in [1.165, 1.54) is 0 Å². The predicted octanol–water partition coefficient (Wildman–Crippen LogP) is 0.893. The predicted molar refractivity (Wildman–Crippen MR) is 61.1 cm³/mol. The maximum Gasteiger partial charge on any atom is 0.416 e. The Labute approximate surface area is 106 Å². The van der Waals surface area contributed by atoms with Crippen LogP contribution in [0.2, 0.25) is 0 Å². The summed E-state index contributed by atoms with van der Waals surface area (Å²) in [4.78, 5) is 14.0. The molecule has 1 heterocycles. The van der Waals surface area contributed by atoms with E-state index in [0.717, 1.165) is 12.1 Å². The third-order valence-electron chi connectivity index (χ3n) is 1.95.